The molecule has 0 aromatic heterocycles. The molecular formula is C4H5NaO3. The Morgan fingerprint density at radius 3 is 2.38 bits per heavy atom. The van der Waals surface area contributed by atoms with Gasteiger partial charge in [0.05, 0.1) is 0 Å². The molecule has 3 nitrogen and oxygen atoms in total. The summed E-state index contributed by atoms with van der Waals surface area (Å²) < 4.78 is 7.26. The molecule has 0 amide bonds. The molecule has 0 aromatic carbocycles. The SMILES string of the molecule is [2H][13CH]([13CH2][Na])[13C](=O)[13C](=O)O. The van der Waals surface area contributed by atoms with Gasteiger partial charge in [0.25, 0.3) is 0 Å². The molecule has 0 rings (SSSR count). The Bertz CT molecular complexity index is 136. The van der Waals surface area contributed by atoms with Crippen molar-refractivity contribution in [3.8, 4) is 0 Å². The molecular weight excluding hydrogens is 123 g/mol. The van der Waals surface area contributed by atoms with E-state index >= 15 is 0 Å². The first-order valence-electron chi connectivity index (χ1n) is 2.86. The average molecular weight is 129 g/mol. The van der Waals surface area contributed by atoms with Gasteiger partial charge in [0.15, 0.2) is 0 Å². The molecule has 4 heteroatoms. The van der Waals surface area contributed by atoms with E-state index in [-0.39, 0.29) is 0 Å². The fourth-order valence-electron chi connectivity index (χ4n) is 0.273. The minimum absolute atomic E-state index is 0.394. The number of Topliss-reactive ketones (excluding diaryl/α,β-unsaturated/α-hetero) is 1. The van der Waals surface area contributed by atoms with Crippen LogP contribution in [0.25, 0.3) is 0 Å². The topological polar surface area (TPSA) is 54.4 Å². The van der Waals surface area contributed by atoms with Gasteiger partial charge in [-0.2, -0.15) is 0 Å². The van der Waals surface area contributed by atoms with Gasteiger partial charge in [-0.3, -0.25) is 0 Å². The third-order valence-electron chi connectivity index (χ3n) is 0.600. The van der Waals surface area contributed by atoms with E-state index in [4.69, 9.17) is 6.48 Å². The van der Waals surface area contributed by atoms with Gasteiger partial charge in [-0.15, -0.1) is 0 Å². The molecule has 0 aliphatic rings. The summed E-state index contributed by atoms with van der Waals surface area (Å²) in [6.07, 6.45) is -1.03. The molecule has 0 aliphatic carbocycles. The van der Waals surface area contributed by atoms with E-state index in [1.54, 1.807) is 0 Å². The number of aliphatic carboxylic acids is 1. The Morgan fingerprint density at radius 1 is 1.75 bits per heavy atom. The Kier molecular flexibility index (Phi) is 3.18. The number of carboxylic acid groups (broad SMARTS) is 1. The molecule has 0 aromatic rings. The number of hydrogen-bond donors (Lipinski definition) is 1. The third-order valence-corrected chi connectivity index (χ3v) is 1.01. The summed E-state index contributed by atoms with van der Waals surface area (Å²) in [7, 11) is 0. The molecule has 0 heterocycles. The second-order valence-electron chi connectivity index (χ2n) is 1.28. The summed E-state index contributed by atoms with van der Waals surface area (Å²) in [4.78, 5) is 20.2. The van der Waals surface area contributed by atoms with Crippen molar-refractivity contribution >= 4 is 39.7 Å². The Morgan fingerprint density at radius 2 is 2.25 bits per heavy atom. The molecule has 0 radical (unpaired) electrons. The van der Waals surface area contributed by atoms with Crippen LogP contribution >= 0.6 is 0 Å². The normalized spacial score (nSPS) is 14.5. The first kappa shape index (κ1) is 6.26. The third kappa shape index (κ3) is 3.18. The van der Waals surface area contributed by atoms with Crippen LogP contribution in [0.3, 0.4) is 0 Å². The summed E-state index contributed by atoms with van der Waals surface area (Å²) in [6, 6.07) is 0. The maximum absolute atomic E-state index is 10.3. The maximum atomic E-state index is 10.3. The fraction of sp³-hybridized carbons (Fsp3) is 0.500. The van der Waals surface area contributed by atoms with E-state index in [0.717, 1.165) is 0 Å². The molecule has 0 bridgehead atoms. The van der Waals surface area contributed by atoms with Crippen molar-refractivity contribution in [2.45, 2.75) is 10.1 Å². The number of rotatable bonds is 3. The van der Waals surface area contributed by atoms with E-state index in [1.807, 2.05) is 0 Å². The van der Waals surface area contributed by atoms with Crippen molar-refractivity contribution in [2.24, 2.45) is 0 Å². The zero-order valence-corrected chi connectivity index (χ0v) is 6.55. The van der Waals surface area contributed by atoms with E-state index < -0.39 is 18.1 Å². The van der Waals surface area contributed by atoms with Crippen molar-refractivity contribution in [3.63, 3.8) is 0 Å². The Balaban J connectivity index is 3.88. The van der Waals surface area contributed by atoms with Crippen molar-refractivity contribution in [1.29, 1.82) is 0 Å². The van der Waals surface area contributed by atoms with Crippen LogP contribution in [-0.2, 0) is 9.59 Å². The average Bonchev–Trinajstić information content (AvgIpc) is 1.84. The van der Waals surface area contributed by atoms with E-state index in [0.29, 0.717) is 31.6 Å². The molecule has 1 unspecified atom stereocenters. The van der Waals surface area contributed by atoms with Gasteiger partial charge in [-0.05, 0) is 0 Å². The van der Waals surface area contributed by atoms with Crippen LogP contribution in [0.2, 0.25) is 3.67 Å². The summed E-state index contributed by atoms with van der Waals surface area (Å²) in [5.41, 5.74) is 0. The number of carbonyl (C=O) groups excluding carboxylic acids is 1. The molecule has 40 valence electrons. The molecule has 0 saturated heterocycles. The zero-order valence-electron chi connectivity index (χ0n) is 5.55. The molecule has 0 fully saturated rings. The summed E-state index contributed by atoms with van der Waals surface area (Å²) in [5, 5.41) is 8.03. The summed E-state index contributed by atoms with van der Waals surface area (Å²) >= 11 is 0.695. The molecule has 0 aliphatic heterocycles. The number of hydrogen-bond acceptors (Lipinski definition) is 2. The quantitative estimate of drug-likeness (QED) is 0.321. The van der Waals surface area contributed by atoms with Crippen molar-refractivity contribution in [1.82, 2.24) is 0 Å². The van der Waals surface area contributed by atoms with Gasteiger partial charge in [0, 0.05) is 0 Å². The molecule has 8 heavy (non-hydrogen) atoms. The van der Waals surface area contributed by atoms with Crippen LogP contribution in [0, 0.1) is 0 Å². The molecule has 0 spiro atoms. The molecule has 0 saturated carbocycles. The number of ketones is 1. The predicted octanol–water partition coefficient (Wildman–Crippen LogP) is -0.383. The number of carbonyl (C=O) groups is 2. The van der Waals surface area contributed by atoms with Crippen LogP contribution in [0.1, 0.15) is 7.77 Å². The second kappa shape index (κ2) is 4.06. The van der Waals surface area contributed by atoms with Crippen LogP contribution in [-0.4, -0.2) is 44.8 Å². The minimum atomic E-state index is -1.49. The summed E-state index contributed by atoms with van der Waals surface area (Å²) in [5.74, 6) is -2.49. The van der Waals surface area contributed by atoms with Crippen LogP contribution in [0.4, 0.5) is 0 Å². The van der Waals surface area contributed by atoms with Gasteiger partial charge in [0.1, 0.15) is 0 Å². The number of carboxylic acids is 1. The summed E-state index contributed by atoms with van der Waals surface area (Å²) in [6.45, 7) is 0. The second-order valence-corrected chi connectivity index (χ2v) is 2.10. The fourth-order valence-corrected chi connectivity index (χ4v) is 0.643. The monoisotopic (exact) mass is 129 g/mol. The molecule has 1 atom stereocenters. The standard InChI is InChI=1S/C4H5O3.Na/c1-2-3(5)4(6)7;/h1-2H2,(H,6,7);/i1+1,2+1D,3+1,4+1;. The van der Waals surface area contributed by atoms with E-state index in [2.05, 4.69) is 0 Å². The van der Waals surface area contributed by atoms with Crippen molar-refractivity contribution in [3.05, 3.63) is 0 Å². The Hall–Kier alpha value is 0.140. The van der Waals surface area contributed by atoms with Gasteiger partial charge in [-0.1, -0.05) is 0 Å². The van der Waals surface area contributed by atoms with Crippen LogP contribution in [0.15, 0.2) is 0 Å². The van der Waals surface area contributed by atoms with Crippen molar-refractivity contribution < 1.29 is 16.1 Å². The van der Waals surface area contributed by atoms with Gasteiger partial charge in [0.2, 0.25) is 0 Å². The van der Waals surface area contributed by atoms with Gasteiger partial charge in [-0.25, -0.2) is 0 Å². The van der Waals surface area contributed by atoms with E-state index in [1.165, 1.54) is 0 Å². The van der Waals surface area contributed by atoms with Gasteiger partial charge < -0.3 is 0 Å². The Labute approximate surface area is 65.9 Å². The van der Waals surface area contributed by atoms with Gasteiger partial charge >= 0.3 is 65.8 Å². The zero-order chi connectivity index (χ0) is 7.44. The first-order valence-corrected chi connectivity index (χ1v) is 3.70. The molecule has 1 N–H and O–H groups in total. The first-order chi connectivity index (χ1) is 4.09. The predicted molar refractivity (Wildman–Crippen MR) is 27.8 cm³/mol. The van der Waals surface area contributed by atoms with E-state index in [9.17, 15) is 9.59 Å². The van der Waals surface area contributed by atoms with Crippen LogP contribution in [0.5, 0.6) is 0 Å². The van der Waals surface area contributed by atoms with Crippen molar-refractivity contribution in [2.75, 3.05) is 0 Å². The van der Waals surface area contributed by atoms with Crippen LogP contribution < -0.4 is 0 Å².